The maximum absolute atomic E-state index is 4.28. The van der Waals surface area contributed by atoms with Crippen molar-refractivity contribution in [2.45, 2.75) is 27.2 Å². The summed E-state index contributed by atoms with van der Waals surface area (Å²) in [5.41, 5.74) is 2.69. The third-order valence-corrected chi connectivity index (χ3v) is 2.12. The number of allylic oxidation sites excluding steroid dienone is 2. The molecule has 1 rings (SSSR count). The summed E-state index contributed by atoms with van der Waals surface area (Å²) < 4.78 is 0. The lowest BCUT2D eigenvalue weighted by molar-refractivity contribution is 0.864. The van der Waals surface area contributed by atoms with Crippen LogP contribution in [0, 0.1) is 0 Å². The van der Waals surface area contributed by atoms with E-state index in [1.807, 2.05) is 13.1 Å². The van der Waals surface area contributed by atoms with E-state index >= 15 is 0 Å². The van der Waals surface area contributed by atoms with E-state index in [-0.39, 0.29) is 0 Å². The van der Waals surface area contributed by atoms with Gasteiger partial charge in [0, 0.05) is 12.8 Å². The Labute approximate surface area is 74.1 Å². The summed E-state index contributed by atoms with van der Waals surface area (Å²) in [5, 5.41) is 3.26. The lowest BCUT2D eigenvalue weighted by atomic mass is 10.1. The van der Waals surface area contributed by atoms with Crippen LogP contribution in [0.15, 0.2) is 28.0 Å². The predicted octanol–water partition coefficient (Wildman–Crippen LogP) is 2.25. The zero-order valence-electron chi connectivity index (χ0n) is 8.02. The van der Waals surface area contributed by atoms with Crippen LogP contribution in [0.25, 0.3) is 0 Å². The summed E-state index contributed by atoms with van der Waals surface area (Å²) in [5.74, 6) is 1.05. The van der Waals surface area contributed by atoms with Gasteiger partial charge < -0.3 is 5.32 Å². The molecule has 0 aliphatic carbocycles. The second-order valence-electron chi connectivity index (χ2n) is 2.86. The minimum absolute atomic E-state index is 1.02. The molecule has 1 aliphatic heterocycles. The average Bonchev–Trinajstić information content (AvgIpc) is 2.52. The fourth-order valence-electron chi connectivity index (χ4n) is 1.34. The summed E-state index contributed by atoms with van der Waals surface area (Å²) in [6.07, 6.45) is 5.06. The summed E-state index contributed by atoms with van der Waals surface area (Å²) in [4.78, 5) is 4.28. The summed E-state index contributed by atoms with van der Waals surface area (Å²) in [7, 11) is 0. The molecule has 0 spiro atoms. The molecule has 0 amide bonds. The Hall–Kier alpha value is -1.05. The SMILES string of the molecule is CC=NC1=C(/C(C)=C\C)CCN1. The first-order chi connectivity index (χ1) is 5.79. The largest absolute Gasteiger partial charge is 0.370 e. The normalized spacial score (nSPS) is 19.1. The third-order valence-electron chi connectivity index (χ3n) is 2.12. The third kappa shape index (κ3) is 1.76. The van der Waals surface area contributed by atoms with E-state index in [0.29, 0.717) is 0 Å². The molecule has 0 radical (unpaired) electrons. The summed E-state index contributed by atoms with van der Waals surface area (Å²) >= 11 is 0. The van der Waals surface area contributed by atoms with Crippen molar-refractivity contribution in [1.29, 1.82) is 0 Å². The van der Waals surface area contributed by atoms with Crippen LogP contribution in [-0.4, -0.2) is 12.8 Å². The summed E-state index contributed by atoms with van der Waals surface area (Å²) in [6, 6.07) is 0. The number of hydrogen-bond acceptors (Lipinski definition) is 2. The van der Waals surface area contributed by atoms with E-state index in [4.69, 9.17) is 0 Å². The Morgan fingerprint density at radius 3 is 2.83 bits per heavy atom. The van der Waals surface area contributed by atoms with Gasteiger partial charge in [0.15, 0.2) is 0 Å². The van der Waals surface area contributed by atoms with Crippen molar-refractivity contribution in [2.24, 2.45) is 4.99 Å². The molecule has 0 unspecified atom stereocenters. The highest BCUT2D eigenvalue weighted by Gasteiger charge is 2.12. The summed E-state index contributed by atoms with van der Waals surface area (Å²) in [6.45, 7) is 7.16. The molecule has 12 heavy (non-hydrogen) atoms. The van der Waals surface area contributed by atoms with Gasteiger partial charge in [-0.1, -0.05) is 6.08 Å². The van der Waals surface area contributed by atoms with Crippen LogP contribution in [0.2, 0.25) is 0 Å². The van der Waals surface area contributed by atoms with Gasteiger partial charge in [-0.15, -0.1) is 0 Å². The molecular weight excluding hydrogens is 148 g/mol. The van der Waals surface area contributed by atoms with Gasteiger partial charge in [0.05, 0.1) is 0 Å². The lowest BCUT2D eigenvalue weighted by Gasteiger charge is -2.01. The minimum atomic E-state index is 1.02. The molecule has 66 valence electrons. The molecule has 0 aromatic rings. The highest BCUT2D eigenvalue weighted by atomic mass is 15.0. The molecule has 0 aromatic heterocycles. The standard InChI is InChI=1S/C10H16N2/c1-4-8(3)9-6-7-12-10(9)11-5-2/h4-5,12H,6-7H2,1-3H3/b8-4-,11-5?. The van der Waals surface area contributed by atoms with Gasteiger partial charge in [-0.2, -0.15) is 0 Å². The van der Waals surface area contributed by atoms with Gasteiger partial charge in [-0.25, -0.2) is 4.99 Å². The number of nitrogens with zero attached hydrogens (tertiary/aromatic N) is 1. The van der Waals surface area contributed by atoms with Crippen LogP contribution >= 0.6 is 0 Å². The van der Waals surface area contributed by atoms with Crippen molar-refractivity contribution >= 4 is 6.21 Å². The zero-order chi connectivity index (χ0) is 8.97. The van der Waals surface area contributed by atoms with Crippen molar-refractivity contribution in [3.8, 4) is 0 Å². The molecule has 0 fully saturated rings. The van der Waals surface area contributed by atoms with E-state index in [9.17, 15) is 0 Å². The van der Waals surface area contributed by atoms with Crippen molar-refractivity contribution in [1.82, 2.24) is 5.32 Å². The Balaban J connectivity index is 2.91. The number of hydrogen-bond donors (Lipinski definition) is 1. The fourth-order valence-corrected chi connectivity index (χ4v) is 1.34. The highest BCUT2D eigenvalue weighted by Crippen LogP contribution is 2.21. The molecule has 2 heteroatoms. The van der Waals surface area contributed by atoms with Crippen LogP contribution in [-0.2, 0) is 0 Å². The molecule has 2 nitrogen and oxygen atoms in total. The van der Waals surface area contributed by atoms with Gasteiger partial charge in [-0.05, 0) is 38.3 Å². The molecular formula is C10H16N2. The van der Waals surface area contributed by atoms with Gasteiger partial charge in [0.25, 0.3) is 0 Å². The first-order valence-electron chi connectivity index (χ1n) is 4.38. The topological polar surface area (TPSA) is 24.4 Å². The van der Waals surface area contributed by atoms with Crippen LogP contribution in [0.5, 0.6) is 0 Å². The van der Waals surface area contributed by atoms with E-state index < -0.39 is 0 Å². The van der Waals surface area contributed by atoms with E-state index in [1.54, 1.807) is 0 Å². The van der Waals surface area contributed by atoms with Crippen LogP contribution in [0.3, 0.4) is 0 Å². The first-order valence-corrected chi connectivity index (χ1v) is 4.38. The fraction of sp³-hybridized carbons (Fsp3) is 0.500. The van der Waals surface area contributed by atoms with E-state index in [1.165, 1.54) is 11.1 Å². The zero-order valence-corrected chi connectivity index (χ0v) is 8.02. The van der Waals surface area contributed by atoms with Gasteiger partial charge >= 0.3 is 0 Å². The quantitative estimate of drug-likeness (QED) is 0.622. The second-order valence-corrected chi connectivity index (χ2v) is 2.86. The Morgan fingerprint density at radius 2 is 2.25 bits per heavy atom. The van der Waals surface area contributed by atoms with Crippen molar-refractivity contribution in [3.63, 3.8) is 0 Å². The molecule has 0 aromatic carbocycles. The number of rotatable bonds is 2. The monoisotopic (exact) mass is 164 g/mol. The average molecular weight is 164 g/mol. The maximum atomic E-state index is 4.28. The molecule has 0 saturated heterocycles. The van der Waals surface area contributed by atoms with Crippen LogP contribution in [0.4, 0.5) is 0 Å². The highest BCUT2D eigenvalue weighted by molar-refractivity contribution is 5.56. The first kappa shape index (κ1) is 9.04. The number of aliphatic imine (C=N–C) groups is 1. The molecule has 0 atom stereocenters. The second kappa shape index (κ2) is 4.10. The maximum Gasteiger partial charge on any atom is 0.129 e. The van der Waals surface area contributed by atoms with Gasteiger partial charge in [-0.3, -0.25) is 0 Å². The number of nitrogens with one attached hydrogen (secondary N) is 1. The van der Waals surface area contributed by atoms with Crippen molar-refractivity contribution < 1.29 is 0 Å². The lowest BCUT2D eigenvalue weighted by Crippen LogP contribution is -2.05. The van der Waals surface area contributed by atoms with Crippen LogP contribution < -0.4 is 5.32 Å². The minimum Gasteiger partial charge on any atom is -0.370 e. The Kier molecular flexibility index (Phi) is 3.09. The van der Waals surface area contributed by atoms with Crippen molar-refractivity contribution in [2.75, 3.05) is 6.54 Å². The molecule has 1 heterocycles. The van der Waals surface area contributed by atoms with E-state index in [2.05, 4.69) is 30.2 Å². The van der Waals surface area contributed by atoms with Crippen LogP contribution in [0.1, 0.15) is 27.2 Å². The Bertz CT molecular complexity index is 247. The molecule has 1 N–H and O–H groups in total. The van der Waals surface area contributed by atoms with Gasteiger partial charge in [0.2, 0.25) is 0 Å². The smallest absolute Gasteiger partial charge is 0.129 e. The van der Waals surface area contributed by atoms with Gasteiger partial charge in [0.1, 0.15) is 5.82 Å². The molecule has 0 bridgehead atoms. The van der Waals surface area contributed by atoms with Crippen molar-refractivity contribution in [3.05, 3.63) is 23.0 Å². The molecule has 0 saturated carbocycles. The Morgan fingerprint density at radius 1 is 1.50 bits per heavy atom. The predicted molar refractivity (Wildman–Crippen MR) is 53.2 cm³/mol. The molecule has 1 aliphatic rings. The van der Waals surface area contributed by atoms with E-state index in [0.717, 1.165) is 18.8 Å².